The van der Waals surface area contributed by atoms with Crippen LogP contribution >= 0.6 is 0 Å². The highest BCUT2D eigenvalue weighted by Gasteiger charge is 2.27. The smallest absolute Gasteiger partial charge is 0.319 e. The van der Waals surface area contributed by atoms with E-state index in [1.54, 1.807) is 0 Å². The number of hydrogen-bond acceptors (Lipinski definition) is 3. The molecular formula is C12H20F2N4. The van der Waals surface area contributed by atoms with Gasteiger partial charge >= 0.3 is 6.55 Å². The number of aromatic nitrogens is 2. The van der Waals surface area contributed by atoms with Crippen molar-refractivity contribution in [3.05, 3.63) is 18.2 Å². The lowest BCUT2D eigenvalue weighted by Crippen LogP contribution is -2.48. The SMILES string of the molecule is CC(N)C1CCCCN1Cc1nccn1C(F)F. The minimum absolute atomic E-state index is 0.0558. The van der Waals surface area contributed by atoms with Crippen LogP contribution in [0, 0.1) is 0 Å². The summed E-state index contributed by atoms with van der Waals surface area (Å²) in [5.74, 6) is 0.414. The standard InChI is InChI=1S/C12H20F2N4/c1-9(15)10-4-2-3-6-17(10)8-11-16-5-7-18(11)12(13)14/h5,7,9-10,12H,2-4,6,8,15H2,1H3. The van der Waals surface area contributed by atoms with E-state index < -0.39 is 6.55 Å². The van der Waals surface area contributed by atoms with Crippen LogP contribution in [-0.4, -0.2) is 33.1 Å². The topological polar surface area (TPSA) is 47.1 Å². The molecule has 102 valence electrons. The van der Waals surface area contributed by atoms with Crippen molar-refractivity contribution in [3.8, 4) is 0 Å². The molecule has 0 radical (unpaired) electrons. The molecule has 2 rings (SSSR count). The van der Waals surface area contributed by atoms with Crippen LogP contribution in [0.1, 0.15) is 38.6 Å². The monoisotopic (exact) mass is 258 g/mol. The lowest BCUT2D eigenvalue weighted by Gasteiger charge is -2.37. The van der Waals surface area contributed by atoms with Gasteiger partial charge in [0.25, 0.3) is 0 Å². The molecular weight excluding hydrogens is 238 g/mol. The first-order valence-corrected chi connectivity index (χ1v) is 6.39. The average molecular weight is 258 g/mol. The Morgan fingerprint density at radius 2 is 2.28 bits per heavy atom. The number of nitrogens with zero attached hydrogens (tertiary/aromatic N) is 3. The maximum atomic E-state index is 12.8. The van der Waals surface area contributed by atoms with Crippen LogP contribution in [0.5, 0.6) is 0 Å². The quantitative estimate of drug-likeness (QED) is 0.898. The predicted octanol–water partition coefficient (Wildman–Crippen LogP) is 1.98. The van der Waals surface area contributed by atoms with Gasteiger partial charge in [0.05, 0.1) is 6.54 Å². The molecule has 2 atom stereocenters. The fraction of sp³-hybridized carbons (Fsp3) is 0.750. The molecule has 1 saturated heterocycles. The van der Waals surface area contributed by atoms with Crippen LogP contribution in [0.3, 0.4) is 0 Å². The molecule has 1 aromatic rings. The van der Waals surface area contributed by atoms with Crippen LogP contribution in [0.2, 0.25) is 0 Å². The van der Waals surface area contributed by atoms with Gasteiger partial charge in [-0.3, -0.25) is 9.47 Å². The minimum atomic E-state index is -2.53. The van der Waals surface area contributed by atoms with E-state index in [4.69, 9.17) is 5.73 Å². The first-order valence-electron chi connectivity index (χ1n) is 6.39. The summed E-state index contributed by atoms with van der Waals surface area (Å²) in [6.07, 6.45) is 6.04. The van der Waals surface area contributed by atoms with E-state index in [9.17, 15) is 8.78 Å². The molecule has 0 bridgehead atoms. The zero-order valence-corrected chi connectivity index (χ0v) is 10.6. The van der Waals surface area contributed by atoms with E-state index >= 15 is 0 Å². The Bertz CT molecular complexity index is 378. The molecule has 2 unspecified atom stereocenters. The summed E-state index contributed by atoms with van der Waals surface area (Å²) in [6, 6.07) is 0.321. The Balaban J connectivity index is 2.08. The maximum Gasteiger partial charge on any atom is 0.319 e. The summed E-state index contributed by atoms with van der Waals surface area (Å²) in [5.41, 5.74) is 5.97. The van der Waals surface area contributed by atoms with Gasteiger partial charge in [-0.25, -0.2) is 4.98 Å². The zero-order chi connectivity index (χ0) is 13.1. The molecule has 2 N–H and O–H groups in total. The van der Waals surface area contributed by atoms with Gasteiger partial charge in [-0.15, -0.1) is 0 Å². The number of imidazole rings is 1. The normalized spacial score (nSPS) is 23.5. The largest absolute Gasteiger partial charge is 0.327 e. The Kier molecular flexibility index (Phi) is 4.29. The lowest BCUT2D eigenvalue weighted by molar-refractivity contribution is 0.0582. The first kappa shape index (κ1) is 13.4. The summed E-state index contributed by atoms with van der Waals surface area (Å²) >= 11 is 0. The summed E-state index contributed by atoms with van der Waals surface area (Å²) in [7, 11) is 0. The minimum Gasteiger partial charge on any atom is -0.327 e. The zero-order valence-electron chi connectivity index (χ0n) is 10.6. The predicted molar refractivity (Wildman–Crippen MR) is 65.2 cm³/mol. The number of alkyl halides is 2. The van der Waals surface area contributed by atoms with Gasteiger partial charge in [0.1, 0.15) is 5.82 Å². The van der Waals surface area contributed by atoms with Gasteiger partial charge in [0.15, 0.2) is 0 Å². The average Bonchev–Trinajstić information content (AvgIpc) is 2.77. The summed E-state index contributed by atoms with van der Waals surface area (Å²) < 4.78 is 26.4. The molecule has 1 aliphatic rings. The molecule has 18 heavy (non-hydrogen) atoms. The second-order valence-corrected chi connectivity index (χ2v) is 4.92. The third kappa shape index (κ3) is 2.87. The van der Waals surface area contributed by atoms with Crippen molar-refractivity contribution >= 4 is 0 Å². The third-order valence-corrected chi connectivity index (χ3v) is 3.57. The Morgan fingerprint density at radius 1 is 1.50 bits per heavy atom. The second kappa shape index (κ2) is 5.75. The summed E-state index contributed by atoms with van der Waals surface area (Å²) in [6.45, 7) is 0.801. The van der Waals surface area contributed by atoms with Crippen LogP contribution < -0.4 is 5.73 Å². The van der Waals surface area contributed by atoms with Crippen molar-refractivity contribution in [3.63, 3.8) is 0 Å². The van der Waals surface area contributed by atoms with Crippen molar-refractivity contribution in [2.75, 3.05) is 6.54 Å². The van der Waals surface area contributed by atoms with Crippen molar-refractivity contribution in [1.29, 1.82) is 0 Å². The highest BCUT2D eigenvalue weighted by Crippen LogP contribution is 2.22. The van der Waals surface area contributed by atoms with Gasteiger partial charge in [0, 0.05) is 24.5 Å². The number of rotatable bonds is 4. The van der Waals surface area contributed by atoms with E-state index in [0.29, 0.717) is 12.4 Å². The molecule has 0 amide bonds. The van der Waals surface area contributed by atoms with Gasteiger partial charge in [-0.2, -0.15) is 8.78 Å². The second-order valence-electron chi connectivity index (χ2n) is 4.92. The third-order valence-electron chi connectivity index (χ3n) is 3.57. The Morgan fingerprint density at radius 3 is 2.94 bits per heavy atom. The van der Waals surface area contributed by atoms with E-state index in [1.807, 2.05) is 6.92 Å². The highest BCUT2D eigenvalue weighted by atomic mass is 19.3. The fourth-order valence-electron chi connectivity index (χ4n) is 2.63. The molecule has 0 saturated carbocycles. The van der Waals surface area contributed by atoms with Gasteiger partial charge in [-0.1, -0.05) is 6.42 Å². The van der Waals surface area contributed by atoms with Gasteiger partial charge in [-0.05, 0) is 26.3 Å². The Labute approximate surface area is 106 Å². The summed E-state index contributed by atoms with van der Waals surface area (Å²) in [4.78, 5) is 6.20. The van der Waals surface area contributed by atoms with E-state index in [2.05, 4.69) is 9.88 Å². The van der Waals surface area contributed by atoms with Crippen molar-refractivity contribution < 1.29 is 8.78 Å². The van der Waals surface area contributed by atoms with Gasteiger partial charge < -0.3 is 5.73 Å². The summed E-state index contributed by atoms with van der Waals surface area (Å²) in [5, 5.41) is 0. The van der Waals surface area contributed by atoms with E-state index in [-0.39, 0.29) is 12.1 Å². The van der Waals surface area contributed by atoms with E-state index in [1.165, 1.54) is 12.4 Å². The maximum absolute atomic E-state index is 12.8. The molecule has 0 aromatic carbocycles. The highest BCUT2D eigenvalue weighted by molar-refractivity contribution is 4.95. The number of piperidine rings is 1. The molecule has 4 nitrogen and oxygen atoms in total. The molecule has 1 fully saturated rings. The van der Waals surface area contributed by atoms with Crippen molar-refractivity contribution in [2.45, 2.75) is 51.4 Å². The van der Waals surface area contributed by atoms with Crippen LogP contribution in [0.15, 0.2) is 12.4 Å². The Hall–Kier alpha value is -1.01. The lowest BCUT2D eigenvalue weighted by atomic mass is 9.97. The molecule has 1 aromatic heterocycles. The van der Waals surface area contributed by atoms with Gasteiger partial charge in [0.2, 0.25) is 0 Å². The molecule has 0 spiro atoms. The first-order chi connectivity index (χ1) is 8.59. The van der Waals surface area contributed by atoms with Crippen molar-refractivity contribution in [1.82, 2.24) is 14.5 Å². The molecule has 2 heterocycles. The van der Waals surface area contributed by atoms with Crippen LogP contribution in [0.25, 0.3) is 0 Å². The number of hydrogen-bond donors (Lipinski definition) is 1. The molecule has 1 aliphatic heterocycles. The van der Waals surface area contributed by atoms with Crippen LogP contribution in [-0.2, 0) is 6.54 Å². The van der Waals surface area contributed by atoms with Crippen molar-refractivity contribution in [2.24, 2.45) is 5.73 Å². The number of likely N-dealkylation sites (tertiary alicyclic amines) is 1. The van der Waals surface area contributed by atoms with E-state index in [0.717, 1.165) is 30.4 Å². The molecule has 6 heteroatoms. The number of nitrogens with two attached hydrogens (primary N) is 1. The number of halogens is 2. The van der Waals surface area contributed by atoms with Crippen LogP contribution in [0.4, 0.5) is 8.78 Å². The fourth-order valence-corrected chi connectivity index (χ4v) is 2.63. The molecule has 0 aliphatic carbocycles.